The molecule has 0 aromatic heterocycles. The van der Waals surface area contributed by atoms with Gasteiger partial charge in [0.05, 0.1) is 18.3 Å². The van der Waals surface area contributed by atoms with Crippen molar-refractivity contribution in [2.75, 3.05) is 7.11 Å². The number of rotatable bonds is 4. The Morgan fingerprint density at radius 1 is 1.00 bits per heavy atom. The van der Waals surface area contributed by atoms with Gasteiger partial charge in [-0.15, -0.1) is 0 Å². The Morgan fingerprint density at radius 2 is 1.56 bits per heavy atom. The normalized spacial score (nSPS) is 20.4. The van der Waals surface area contributed by atoms with Crippen LogP contribution < -0.4 is 10.2 Å². The molecule has 1 aliphatic rings. The topological polar surface area (TPSA) is 27.7 Å². The molecule has 2 aromatic carbocycles. The van der Waals surface area contributed by atoms with Gasteiger partial charge in [-0.25, -0.2) is 8.78 Å². The van der Waals surface area contributed by atoms with Gasteiger partial charge in [0.2, 0.25) is 0 Å². The molecule has 1 saturated heterocycles. The van der Waals surface area contributed by atoms with E-state index in [1.54, 1.807) is 30.3 Å². The van der Waals surface area contributed by atoms with E-state index in [2.05, 4.69) is 9.24 Å². The monoisotopic (exact) mass is 392 g/mol. The van der Waals surface area contributed by atoms with Crippen LogP contribution in [-0.4, -0.2) is 25.4 Å². The van der Waals surface area contributed by atoms with Gasteiger partial charge in [0.15, 0.2) is 17.0 Å². The first kappa shape index (κ1) is 20.3. The second-order valence-electron chi connectivity index (χ2n) is 7.74. The molecule has 1 fully saturated rings. The second-order valence-corrected chi connectivity index (χ2v) is 8.54. The van der Waals surface area contributed by atoms with Crippen molar-refractivity contribution in [1.82, 2.24) is 0 Å². The van der Waals surface area contributed by atoms with Crippen LogP contribution >= 0.6 is 9.24 Å². The average molecular weight is 392 g/mol. The zero-order valence-corrected chi connectivity index (χ0v) is 17.3. The largest absolute Gasteiger partial charge is 0.494 e. The van der Waals surface area contributed by atoms with Crippen LogP contribution in [0.5, 0.6) is 5.75 Å². The lowest BCUT2D eigenvalue weighted by Crippen LogP contribution is -2.41. The Hall–Kier alpha value is -1.49. The van der Waals surface area contributed by atoms with Crippen molar-refractivity contribution in [3.63, 3.8) is 0 Å². The first-order valence-corrected chi connectivity index (χ1v) is 9.34. The molecule has 7 heteroatoms. The van der Waals surface area contributed by atoms with E-state index in [1.807, 2.05) is 27.7 Å². The molecule has 0 N–H and O–H groups in total. The molecular formula is C20H24BF2O3P. The molecule has 0 amide bonds. The first-order chi connectivity index (χ1) is 12.5. The maximum Gasteiger partial charge on any atom is 0.494 e. The third-order valence-corrected chi connectivity index (χ3v) is 6.08. The summed E-state index contributed by atoms with van der Waals surface area (Å²) in [7, 11) is 2.91. The third-order valence-electron chi connectivity index (χ3n) is 5.43. The van der Waals surface area contributed by atoms with Crippen molar-refractivity contribution in [1.29, 1.82) is 0 Å². The molecule has 0 aliphatic carbocycles. The average Bonchev–Trinajstić information content (AvgIpc) is 2.83. The highest BCUT2D eigenvalue weighted by Gasteiger charge is 2.51. The van der Waals surface area contributed by atoms with E-state index in [0.29, 0.717) is 5.56 Å². The van der Waals surface area contributed by atoms with Gasteiger partial charge in [-0.05, 0) is 44.8 Å². The fourth-order valence-electron chi connectivity index (χ4n) is 2.97. The Morgan fingerprint density at radius 3 is 2.07 bits per heavy atom. The van der Waals surface area contributed by atoms with Gasteiger partial charge in [-0.2, -0.15) is 0 Å². The van der Waals surface area contributed by atoms with Crippen molar-refractivity contribution >= 4 is 21.8 Å². The van der Waals surface area contributed by atoms with E-state index in [0.717, 1.165) is 5.46 Å². The van der Waals surface area contributed by atoms with E-state index < -0.39 is 29.5 Å². The summed E-state index contributed by atoms with van der Waals surface area (Å²) in [6.07, 6.45) is 0. The lowest BCUT2D eigenvalue weighted by atomic mass is 9.78. The molecule has 0 bridgehead atoms. The van der Waals surface area contributed by atoms with Crippen LogP contribution in [0.25, 0.3) is 0 Å². The molecular weight excluding hydrogens is 368 g/mol. The van der Waals surface area contributed by atoms with Crippen molar-refractivity contribution in [2.45, 2.75) is 44.3 Å². The van der Waals surface area contributed by atoms with Crippen LogP contribution in [0.4, 0.5) is 8.78 Å². The number of benzene rings is 2. The number of halogens is 2. The standard InChI is InChI=1S/C20H24BF2O3P/c1-18(2)19(3,4)26-21(25-18)14-11-9-13(10-12-14)20(23,27)15-7-6-8-16(24-5)17(15)22/h6-12H,27H2,1-5H3. The SMILES string of the molecule is COc1cccc(C(F)(P)c2ccc(B3OC(C)(C)C(C)(C)O3)cc2)c1F. The molecule has 144 valence electrons. The maximum atomic E-state index is 15.5. The molecule has 1 aliphatic heterocycles. The number of ether oxygens (including phenoxy) is 1. The smallest absolute Gasteiger partial charge is 0.494 e. The minimum Gasteiger partial charge on any atom is -0.494 e. The van der Waals surface area contributed by atoms with Crippen LogP contribution in [-0.2, 0) is 14.7 Å². The van der Waals surface area contributed by atoms with Gasteiger partial charge >= 0.3 is 7.12 Å². The van der Waals surface area contributed by atoms with E-state index in [4.69, 9.17) is 14.0 Å². The van der Waals surface area contributed by atoms with Crippen LogP contribution in [0.3, 0.4) is 0 Å². The quantitative estimate of drug-likeness (QED) is 0.577. The number of hydrogen-bond donors (Lipinski definition) is 0. The van der Waals surface area contributed by atoms with Gasteiger partial charge in [0.1, 0.15) is 0 Å². The molecule has 3 nitrogen and oxygen atoms in total. The molecule has 0 saturated carbocycles. The molecule has 1 heterocycles. The fourth-order valence-corrected chi connectivity index (χ4v) is 3.38. The number of hydrogen-bond acceptors (Lipinski definition) is 3. The first-order valence-electron chi connectivity index (χ1n) is 8.76. The van der Waals surface area contributed by atoms with Crippen molar-refractivity contribution in [2.24, 2.45) is 0 Å². The van der Waals surface area contributed by atoms with Gasteiger partial charge in [0.25, 0.3) is 0 Å². The highest BCUT2D eigenvalue weighted by molar-refractivity contribution is 7.18. The lowest BCUT2D eigenvalue weighted by Gasteiger charge is -2.32. The summed E-state index contributed by atoms with van der Waals surface area (Å²) in [6, 6.07) is 11.2. The molecule has 2 unspecified atom stereocenters. The predicted octanol–water partition coefficient (Wildman–Crippen LogP) is 4.18. The number of alkyl halides is 1. The van der Waals surface area contributed by atoms with Gasteiger partial charge in [0, 0.05) is 5.56 Å². The Bertz CT molecular complexity index is 822. The molecule has 0 spiro atoms. The zero-order chi connectivity index (χ0) is 20.0. The fraction of sp³-hybridized carbons (Fsp3) is 0.400. The molecule has 3 rings (SSSR count). The van der Waals surface area contributed by atoms with E-state index >= 15 is 4.39 Å². The Labute approximate surface area is 161 Å². The highest BCUT2D eigenvalue weighted by Crippen LogP contribution is 2.43. The van der Waals surface area contributed by atoms with Crippen LogP contribution in [0.1, 0.15) is 38.8 Å². The van der Waals surface area contributed by atoms with Gasteiger partial charge in [-0.1, -0.05) is 45.6 Å². The summed E-state index contributed by atoms with van der Waals surface area (Å²) < 4.78 is 47.0. The highest BCUT2D eigenvalue weighted by atomic mass is 31.0. The molecule has 0 radical (unpaired) electrons. The predicted molar refractivity (Wildman–Crippen MR) is 107 cm³/mol. The van der Waals surface area contributed by atoms with E-state index in [-0.39, 0.29) is 11.3 Å². The van der Waals surface area contributed by atoms with Gasteiger partial charge in [-0.3, -0.25) is 0 Å². The van der Waals surface area contributed by atoms with Crippen LogP contribution in [0, 0.1) is 5.82 Å². The molecule has 27 heavy (non-hydrogen) atoms. The summed E-state index contributed by atoms with van der Waals surface area (Å²) in [4.78, 5) is 0. The summed E-state index contributed by atoms with van der Waals surface area (Å²) in [5.74, 6) is -0.710. The van der Waals surface area contributed by atoms with Crippen LogP contribution in [0.15, 0.2) is 42.5 Å². The molecule has 2 aromatic rings. The second kappa shape index (κ2) is 6.84. The Balaban J connectivity index is 1.90. The number of methoxy groups -OCH3 is 1. The van der Waals surface area contributed by atoms with Crippen molar-refractivity contribution in [3.05, 3.63) is 59.4 Å². The summed E-state index contributed by atoms with van der Waals surface area (Å²) >= 11 is 0. The summed E-state index contributed by atoms with van der Waals surface area (Å²) in [5, 5.41) is -2.09. The molecule has 2 atom stereocenters. The van der Waals surface area contributed by atoms with Gasteiger partial charge < -0.3 is 14.0 Å². The lowest BCUT2D eigenvalue weighted by molar-refractivity contribution is 0.00578. The Kier molecular flexibility index (Phi) is 5.13. The summed E-state index contributed by atoms with van der Waals surface area (Å²) in [5.41, 5.74) is 0.0779. The van der Waals surface area contributed by atoms with Crippen LogP contribution in [0.2, 0.25) is 0 Å². The maximum absolute atomic E-state index is 15.5. The zero-order valence-electron chi connectivity index (χ0n) is 16.2. The summed E-state index contributed by atoms with van der Waals surface area (Å²) in [6.45, 7) is 7.90. The van der Waals surface area contributed by atoms with E-state index in [1.165, 1.54) is 19.2 Å². The van der Waals surface area contributed by atoms with Crippen molar-refractivity contribution < 1.29 is 22.8 Å². The third kappa shape index (κ3) is 3.51. The minimum atomic E-state index is -2.09. The van der Waals surface area contributed by atoms with Crippen molar-refractivity contribution in [3.8, 4) is 5.75 Å². The minimum absolute atomic E-state index is 0.00538. The van der Waals surface area contributed by atoms with E-state index in [9.17, 15) is 4.39 Å².